The first-order valence-corrected chi connectivity index (χ1v) is 6.37. The van der Waals surface area contributed by atoms with E-state index in [1.54, 1.807) is 13.0 Å². The van der Waals surface area contributed by atoms with Crippen LogP contribution in [0.3, 0.4) is 0 Å². The number of carboxylic acid groups (broad SMARTS) is 1. The Morgan fingerprint density at radius 3 is 2.60 bits per heavy atom. The number of hydrogen-bond donors (Lipinski definition) is 1. The van der Waals surface area contributed by atoms with E-state index in [0.717, 1.165) is 12.8 Å². The average Bonchev–Trinajstić information content (AvgIpc) is 2.43. The largest absolute Gasteiger partial charge is 0.494 e. The van der Waals surface area contributed by atoms with E-state index in [0.29, 0.717) is 12.4 Å². The van der Waals surface area contributed by atoms with Gasteiger partial charge >= 0.3 is 11.9 Å². The van der Waals surface area contributed by atoms with Crippen LogP contribution in [0.25, 0.3) is 0 Å². The SMILES string of the molecule is C=CCCCOc1cc(C(=O)O)cc(C(=O)OCC)c1. The van der Waals surface area contributed by atoms with Crippen LogP contribution in [0.2, 0.25) is 0 Å². The van der Waals surface area contributed by atoms with E-state index in [-0.39, 0.29) is 17.7 Å². The van der Waals surface area contributed by atoms with Gasteiger partial charge in [-0.3, -0.25) is 0 Å². The summed E-state index contributed by atoms with van der Waals surface area (Å²) in [6, 6.07) is 4.15. The molecule has 0 unspecified atom stereocenters. The van der Waals surface area contributed by atoms with Gasteiger partial charge in [0.1, 0.15) is 5.75 Å². The molecule has 0 spiro atoms. The van der Waals surface area contributed by atoms with Gasteiger partial charge in [-0.1, -0.05) is 6.08 Å². The van der Waals surface area contributed by atoms with Gasteiger partial charge in [-0.25, -0.2) is 9.59 Å². The van der Waals surface area contributed by atoms with Crippen molar-refractivity contribution in [3.63, 3.8) is 0 Å². The maximum atomic E-state index is 11.7. The Morgan fingerprint density at radius 2 is 2.00 bits per heavy atom. The van der Waals surface area contributed by atoms with E-state index in [2.05, 4.69) is 6.58 Å². The molecule has 0 amide bonds. The summed E-state index contributed by atoms with van der Waals surface area (Å²) < 4.78 is 10.3. The molecule has 1 N–H and O–H groups in total. The number of benzene rings is 1. The quantitative estimate of drug-likeness (QED) is 0.449. The summed E-state index contributed by atoms with van der Waals surface area (Å²) in [5.41, 5.74) is 0.166. The number of carbonyl (C=O) groups is 2. The van der Waals surface area contributed by atoms with E-state index >= 15 is 0 Å². The number of aromatic carboxylic acids is 1. The van der Waals surface area contributed by atoms with Crippen molar-refractivity contribution in [1.29, 1.82) is 0 Å². The van der Waals surface area contributed by atoms with E-state index in [9.17, 15) is 9.59 Å². The molecule has 5 heteroatoms. The van der Waals surface area contributed by atoms with Crippen LogP contribution in [0.4, 0.5) is 0 Å². The second-order valence-electron chi connectivity index (χ2n) is 4.05. The minimum Gasteiger partial charge on any atom is -0.494 e. The van der Waals surface area contributed by atoms with Gasteiger partial charge in [0.05, 0.1) is 24.3 Å². The topological polar surface area (TPSA) is 72.8 Å². The summed E-state index contributed by atoms with van der Waals surface area (Å²) in [4.78, 5) is 22.7. The van der Waals surface area contributed by atoms with Crippen molar-refractivity contribution < 1.29 is 24.2 Å². The Hall–Kier alpha value is -2.30. The molecule has 0 aliphatic carbocycles. The molecular weight excluding hydrogens is 260 g/mol. The summed E-state index contributed by atoms with van der Waals surface area (Å²) >= 11 is 0. The lowest BCUT2D eigenvalue weighted by Crippen LogP contribution is -2.08. The highest BCUT2D eigenvalue weighted by molar-refractivity contribution is 5.95. The number of rotatable bonds is 8. The molecule has 1 aromatic rings. The predicted molar refractivity (Wildman–Crippen MR) is 74.3 cm³/mol. The third-order valence-corrected chi connectivity index (χ3v) is 2.49. The molecule has 0 atom stereocenters. The fourth-order valence-electron chi connectivity index (χ4n) is 1.56. The molecule has 0 aliphatic heterocycles. The van der Waals surface area contributed by atoms with Gasteiger partial charge in [0, 0.05) is 0 Å². The highest BCUT2D eigenvalue weighted by Crippen LogP contribution is 2.19. The maximum absolute atomic E-state index is 11.7. The summed E-state index contributed by atoms with van der Waals surface area (Å²) in [7, 11) is 0. The van der Waals surface area contributed by atoms with Crippen molar-refractivity contribution in [1.82, 2.24) is 0 Å². The van der Waals surface area contributed by atoms with Crippen molar-refractivity contribution in [3.05, 3.63) is 42.0 Å². The molecule has 0 aromatic heterocycles. The Bertz CT molecular complexity index is 493. The van der Waals surface area contributed by atoms with Crippen LogP contribution in [0, 0.1) is 0 Å². The summed E-state index contributed by atoms with van der Waals surface area (Å²) in [5, 5.41) is 9.03. The molecule has 20 heavy (non-hydrogen) atoms. The molecule has 108 valence electrons. The van der Waals surface area contributed by atoms with E-state index in [1.807, 2.05) is 0 Å². The second kappa shape index (κ2) is 7.99. The van der Waals surface area contributed by atoms with Gasteiger partial charge in [-0.15, -0.1) is 6.58 Å². The zero-order chi connectivity index (χ0) is 15.0. The number of allylic oxidation sites excluding steroid dienone is 1. The van der Waals surface area contributed by atoms with Crippen LogP contribution < -0.4 is 4.74 Å². The van der Waals surface area contributed by atoms with Gasteiger partial charge in [0.15, 0.2) is 0 Å². The zero-order valence-electron chi connectivity index (χ0n) is 11.4. The first-order chi connectivity index (χ1) is 9.58. The van der Waals surface area contributed by atoms with Crippen molar-refractivity contribution >= 4 is 11.9 Å². The number of carbonyl (C=O) groups excluding carboxylic acids is 1. The molecule has 0 heterocycles. The average molecular weight is 278 g/mol. The van der Waals surface area contributed by atoms with E-state index in [1.165, 1.54) is 18.2 Å². The standard InChI is InChI=1S/C15H18O5/c1-3-5-6-7-20-13-9-11(14(16)17)8-12(10-13)15(18)19-4-2/h3,8-10H,1,4-7H2,2H3,(H,16,17). The predicted octanol–water partition coefficient (Wildman–Crippen LogP) is 2.91. The third-order valence-electron chi connectivity index (χ3n) is 2.49. The van der Waals surface area contributed by atoms with Crippen LogP contribution in [-0.2, 0) is 4.74 Å². The lowest BCUT2D eigenvalue weighted by atomic mass is 10.1. The highest BCUT2D eigenvalue weighted by Gasteiger charge is 2.13. The number of hydrogen-bond acceptors (Lipinski definition) is 4. The normalized spacial score (nSPS) is 9.85. The van der Waals surface area contributed by atoms with Crippen LogP contribution in [0.15, 0.2) is 30.9 Å². The van der Waals surface area contributed by atoms with Gasteiger partial charge in [0.25, 0.3) is 0 Å². The van der Waals surface area contributed by atoms with Gasteiger partial charge in [-0.05, 0) is 38.0 Å². The highest BCUT2D eigenvalue weighted by atomic mass is 16.5. The van der Waals surface area contributed by atoms with Crippen LogP contribution in [0.5, 0.6) is 5.75 Å². The third kappa shape index (κ3) is 4.76. The monoisotopic (exact) mass is 278 g/mol. The molecule has 0 fully saturated rings. The number of ether oxygens (including phenoxy) is 2. The first-order valence-electron chi connectivity index (χ1n) is 6.37. The molecule has 0 radical (unpaired) electrons. The van der Waals surface area contributed by atoms with Crippen LogP contribution in [-0.4, -0.2) is 30.3 Å². The lowest BCUT2D eigenvalue weighted by Gasteiger charge is -2.09. The lowest BCUT2D eigenvalue weighted by molar-refractivity contribution is 0.0526. The molecular formula is C15H18O5. The summed E-state index contributed by atoms with van der Waals surface area (Å²) in [6.45, 7) is 5.95. The van der Waals surface area contributed by atoms with Crippen LogP contribution in [0.1, 0.15) is 40.5 Å². The summed E-state index contributed by atoms with van der Waals surface area (Å²) in [5.74, 6) is -1.34. The minimum atomic E-state index is -1.12. The smallest absolute Gasteiger partial charge is 0.338 e. The molecule has 0 aliphatic rings. The molecule has 0 bridgehead atoms. The Morgan fingerprint density at radius 1 is 1.30 bits per heavy atom. The number of unbranched alkanes of at least 4 members (excludes halogenated alkanes) is 1. The molecule has 0 saturated carbocycles. The summed E-state index contributed by atoms with van der Waals surface area (Å²) in [6.07, 6.45) is 3.36. The van der Waals surface area contributed by atoms with Crippen molar-refractivity contribution in [2.24, 2.45) is 0 Å². The zero-order valence-corrected chi connectivity index (χ0v) is 11.4. The van der Waals surface area contributed by atoms with Gasteiger partial charge < -0.3 is 14.6 Å². The van der Waals surface area contributed by atoms with Crippen molar-refractivity contribution in [2.75, 3.05) is 13.2 Å². The minimum absolute atomic E-state index is 0.00530. The van der Waals surface area contributed by atoms with Crippen LogP contribution >= 0.6 is 0 Å². The Balaban J connectivity index is 2.89. The molecule has 1 rings (SSSR count). The van der Waals surface area contributed by atoms with Crippen molar-refractivity contribution in [3.8, 4) is 5.75 Å². The fraction of sp³-hybridized carbons (Fsp3) is 0.333. The fourth-order valence-corrected chi connectivity index (χ4v) is 1.56. The van der Waals surface area contributed by atoms with Gasteiger partial charge in [-0.2, -0.15) is 0 Å². The number of esters is 1. The Labute approximate surface area is 117 Å². The molecule has 1 aromatic carbocycles. The first kappa shape index (κ1) is 15.8. The van der Waals surface area contributed by atoms with Gasteiger partial charge in [0.2, 0.25) is 0 Å². The maximum Gasteiger partial charge on any atom is 0.338 e. The molecule has 0 saturated heterocycles. The molecule has 5 nitrogen and oxygen atoms in total. The van der Waals surface area contributed by atoms with E-state index in [4.69, 9.17) is 14.6 Å². The number of carboxylic acids is 1. The second-order valence-corrected chi connectivity index (χ2v) is 4.05. The van der Waals surface area contributed by atoms with Crippen molar-refractivity contribution in [2.45, 2.75) is 19.8 Å². The van der Waals surface area contributed by atoms with E-state index < -0.39 is 11.9 Å². The Kier molecular flexibility index (Phi) is 6.29.